The molecule has 4 rings (SSSR count). The molecule has 0 fully saturated rings. The van der Waals surface area contributed by atoms with Gasteiger partial charge in [0, 0.05) is 18.9 Å². The third-order valence-corrected chi connectivity index (χ3v) is 9.37. The van der Waals surface area contributed by atoms with Crippen molar-refractivity contribution in [2.75, 3.05) is 26.4 Å². The zero-order chi connectivity index (χ0) is 43.7. The first kappa shape index (κ1) is 46.6. The first-order valence-corrected chi connectivity index (χ1v) is 20.4. The van der Waals surface area contributed by atoms with Crippen LogP contribution in [0.15, 0.2) is 97.6 Å². The van der Waals surface area contributed by atoms with E-state index in [0.717, 1.165) is 48.4 Å². The molecule has 0 aliphatic heterocycles. The summed E-state index contributed by atoms with van der Waals surface area (Å²) in [5, 5.41) is 11.0. The number of carbonyl (C=O) groups excluding carboxylic acids is 4. The summed E-state index contributed by atoms with van der Waals surface area (Å²) in [6, 6.07) is 23.3. The van der Waals surface area contributed by atoms with Crippen LogP contribution < -0.4 is 18.9 Å². The number of unbranched alkanes of at least 4 members (excludes halogenated alkanes) is 3. The third-order valence-electron chi connectivity index (χ3n) is 9.37. The molecule has 0 atom stereocenters. The van der Waals surface area contributed by atoms with Crippen molar-refractivity contribution in [3.8, 4) is 28.7 Å². The topological polar surface area (TPSA) is 144 Å². The van der Waals surface area contributed by atoms with E-state index in [1.807, 2.05) is 12.1 Å². The maximum Gasteiger partial charge on any atom is 0.343 e. The molecule has 0 bridgehead atoms. The lowest BCUT2D eigenvalue weighted by molar-refractivity contribution is -0.143. The second kappa shape index (κ2) is 22.3. The molecule has 1 N–H and O–H groups in total. The fraction of sp³-hybridized carbons (Fsp3) is 0.388. The van der Waals surface area contributed by atoms with Crippen LogP contribution in [-0.2, 0) is 36.3 Å². The van der Waals surface area contributed by atoms with E-state index in [1.165, 1.54) is 24.3 Å². The van der Waals surface area contributed by atoms with Crippen LogP contribution in [-0.4, -0.2) is 55.4 Å². The number of aryl methyl sites for hydroxylation is 1. The van der Waals surface area contributed by atoms with Gasteiger partial charge in [0.25, 0.3) is 0 Å². The minimum atomic E-state index is -0.563. The van der Waals surface area contributed by atoms with E-state index in [4.69, 9.17) is 28.4 Å². The standard InChI is InChI=1S/C49H58O11/c1-8-43(50)57-31-13-30-56-38-21-17-36(18-22-38)47(54)60-40-25-23-39(24-26-40)59-46(53)35-15-19-37(20-16-35)55-28-11-9-10-12-29-58-44(51)27-14-34-32-41(48(2,3)4)45(52)42(33-34)49(5,6)7/h8,15-26,32-33,52H,1,9-14,27-31H2,2-7H3. The lowest BCUT2D eigenvalue weighted by Gasteiger charge is -2.28. The molecule has 60 heavy (non-hydrogen) atoms. The molecule has 0 heterocycles. The van der Waals surface area contributed by atoms with E-state index in [1.54, 1.807) is 48.5 Å². The number of rotatable bonds is 21. The Labute approximate surface area is 353 Å². The normalized spacial score (nSPS) is 11.3. The zero-order valence-corrected chi connectivity index (χ0v) is 35.7. The number of hydrogen-bond donors (Lipinski definition) is 1. The number of carbonyl (C=O) groups is 4. The lowest BCUT2D eigenvalue weighted by atomic mass is 9.78. The average molecular weight is 823 g/mol. The van der Waals surface area contributed by atoms with Crippen LogP contribution in [0.3, 0.4) is 0 Å². The minimum absolute atomic E-state index is 0.216. The molecule has 4 aromatic carbocycles. The largest absolute Gasteiger partial charge is 0.507 e. The van der Waals surface area contributed by atoms with Gasteiger partial charge in [0.05, 0.1) is 37.6 Å². The van der Waals surface area contributed by atoms with Crippen molar-refractivity contribution >= 4 is 23.9 Å². The molecular weight excluding hydrogens is 765 g/mol. The highest BCUT2D eigenvalue weighted by Crippen LogP contribution is 2.40. The van der Waals surface area contributed by atoms with Crippen LogP contribution in [0, 0.1) is 0 Å². The van der Waals surface area contributed by atoms with Gasteiger partial charge in [-0.05, 0) is 132 Å². The second-order valence-electron chi connectivity index (χ2n) is 16.4. The smallest absolute Gasteiger partial charge is 0.343 e. The number of phenols is 1. The predicted molar refractivity (Wildman–Crippen MR) is 229 cm³/mol. The summed E-state index contributed by atoms with van der Waals surface area (Å²) in [6.45, 7) is 17.2. The summed E-state index contributed by atoms with van der Waals surface area (Å²) in [5.41, 5.74) is 3.02. The van der Waals surface area contributed by atoms with Crippen LogP contribution in [0.2, 0.25) is 0 Å². The molecule has 4 aromatic rings. The summed E-state index contributed by atoms with van der Waals surface area (Å²) >= 11 is 0. The molecule has 0 aliphatic carbocycles. The van der Waals surface area contributed by atoms with Crippen molar-refractivity contribution in [2.45, 2.75) is 97.3 Å². The quantitative estimate of drug-likeness (QED) is 0.0371. The Morgan fingerprint density at radius 2 is 0.983 bits per heavy atom. The first-order chi connectivity index (χ1) is 28.5. The Kier molecular flexibility index (Phi) is 17.3. The van der Waals surface area contributed by atoms with Crippen molar-refractivity contribution in [2.24, 2.45) is 0 Å². The first-order valence-electron chi connectivity index (χ1n) is 20.4. The summed E-state index contributed by atoms with van der Waals surface area (Å²) in [5.74, 6) is 0.274. The van der Waals surface area contributed by atoms with E-state index in [9.17, 15) is 24.3 Å². The molecule has 0 amide bonds. The van der Waals surface area contributed by atoms with Gasteiger partial charge in [0.2, 0.25) is 0 Å². The zero-order valence-electron chi connectivity index (χ0n) is 35.7. The summed E-state index contributed by atoms with van der Waals surface area (Å²) in [4.78, 5) is 48.9. The molecular formula is C49H58O11. The van der Waals surface area contributed by atoms with Gasteiger partial charge in [-0.2, -0.15) is 0 Å². The van der Waals surface area contributed by atoms with Crippen molar-refractivity contribution in [1.82, 2.24) is 0 Å². The molecule has 11 heteroatoms. The Morgan fingerprint density at radius 3 is 1.43 bits per heavy atom. The minimum Gasteiger partial charge on any atom is -0.507 e. The lowest BCUT2D eigenvalue weighted by Crippen LogP contribution is -2.18. The van der Waals surface area contributed by atoms with Gasteiger partial charge in [-0.25, -0.2) is 14.4 Å². The number of benzene rings is 4. The molecule has 320 valence electrons. The molecule has 0 radical (unpaired) electrons. The van der Waals surface area contributed by atoms with Gasteiger partial charge < -0.3 is 33.5 Å². The van der Waals surface area contributed by atoms with Crippen LogP contribution in [0.1, 0.15) is 117 Å². The van der Waals surface area contributed by atoms with Crippen LogP contribution >= 0.6 is 0 Å². The van der Waals surface area contributed by atoms with E-state index >= 15 is 0 Å². The summed E-state index contributed by atoms with van der Waals surface area (Å²) in [7, 11) is 0. The summed E-state index contributed by atoms with van der Waals surface area (Å²) in [6.07, 6.45) is 5.86. The fourth-order valence-corrected chi connectivity index (χ4v) is 6.00. The number of phenolic OH excluding ortho intramolecular Hbond substituents is 1. The number of ether oxygens (including phenoxy) is 6. The van der Waals surface area contributed by atoms with Crippen molar-refractivity contribution < 1.29 is 52.7 Å². The maximum atomic E-state index is 12.7. The Hall–Kier alpha value is -6.10. The van der Waals surface area contributed by atoms with Crippen LogP contribution in [0.25, 0.3) is 0 Å². The number of esters is 4. The Balaban J connectivity index is 1.08. The van der Waals surface area contributed by atoms with Crippen LogP contribution in [0.4, 0.5) is 0 Å². The van der Waals surface area contributed by atoms with Crippen LogP contribution in [0.5, 0.6) is 28.7 Å². The SMILES string of the molecule is C=CC(=O)OCCCOc1ccc(C(=O)Oc2ccc(OC(=O)c3ccc(OCCCCCCOC(=O)CCc4cc(C(C)(C)C)c(O)c(C(C)(C)C)c4)cc3)cc2)cc1. The molecule has 0 saturated carbocycles. The molecule has 0 aromatic heterocycles. The third kappa shape index (κ3) is 15.3. The van der Waals surface area contributed by atoms with Crippen molar-refractivity contribution in [1.29, 1.82) is 0 Å². The van der Waals surface area contributed by atoms with Gasteiger partial charge in [-0.3, -0.25) is 4.79 Å². The molecule has 0 spiro atoms. The number of hydrogen-bond acceptors (Lipinski definition) is 11. The highest BCUT2D eigenvalue weighted by Gasteiger charge is 2.26. The molecule has 0 unspecified atom stereocenters. The molecule has 11 nitrogen and oxygen atoms in total. The average Bonchev–Trinajstić information content (AvgIpc) is 3.21. The predicted octanol–water partition coefficient (Wildman–Crippen LogP) is 10.0. The van der Waals surface area contributed by atoms with E-state index < -0.39 is 17.9 Å². The Bertz CT molecular complexity index is 2000. The highest BCUT2D eigenvalue weighted by atomic mass is 16.5. The number of aromatic hydroxyl groups is 1. The van der Waals surface area contributed by atoms with Gasteiger partial charge >= 0.3 is 23.9 Å². The second-order valence-corrected chi connectivity index (χ2v) is 16.4. The van der Waals surface area contributed by atoms with E-state index in [2.05, 4.69) is 48.1 Å². The van der Waals surface area contributed by atoms with Gasteiger partial charge in [-0.15, -0.1) is 0 Å². The van der Waals surface area contributed by atoms with E-state index in [-0.39, 0.29) is 41.3 Å². The van der Waals surface area contributed by atoms with Gasteiger partial charge in [-0.1, -0.05) is 60.3 Å². The van der Waals surface area contributed by atoms with Gasteiger partial charge in [0.15, 0.2) is 0 Å². The molecule has 0 saturated heterocycles. The monoisotopic (exact) mass is 822 g/mol. The fourth-order valence-electron chi connectivity index (χ4n) is 6.00. The van der Waals surface area contributed by atoms with Crippen molar-refractivity contribution in [3.63, 3.8) is 0 Å². The maximum absolute atomic E-state index is 12.7. The van der Waals surface area contributed by atoms with Gasteiger partial charge in [0.1, 0.15) is 28.7 Å². The Morgan fingerprint density at radius 1 is 0.567 bits per heavy atom. The van der Waals surface area contributed by atoms with E-state index in [0.29, 0.717) is 61.0 Å². The van der Waals surface area contributed by atoms with Crippen molar-refractivity contribution in [3.05, 3.63) is 125 Å². The summed E-state index contributed by atoms with van der Waals surface area (Å²) < 4.78 is 32.8. The highest BCUT2D eigenvalue weighted by molar-refractivity contribution is 5.92. The molecule has 0 aliphatic rings.